The van der Waals surface area contributed by atoms with E-state index >= 15 is 0 Å². The van der Waals surface area contributed by atoms with Gasteiger partial charge in [0.25, 0.3) is 0 Å². The van der Waals surface area contributed by atoms with Gasteiger partial charge in [0.2, 0.25) is 0 Å². The molecule has 0 aliphatic rings. The molecule has 0 aliphatic heterocycles. The topological polar surface area (TPSA) is 42.6 Å². The van der Waals surface area contributed by atoms with E-state index in [1.165, 1.54) is 0 Å². The zero-order chi connectivity index (χ0) is 9.97. The van der Waals surface area contributed by atoms with Gasteiger partial charge in [0.1, 0.15) is 11.7 Å². The van der Waals surface area contributed by atoms with Gasteiger partial charge >= 0.3 is 0 Å². The van der Waals surface area contributed by atoms with E-state index in [0.29, 0.717) is 0 Å². The molecule has 1 aromatic heterocycles. The van der Waals surface area contributed by atoms with E-state index in [0.717, 1.165) is 16.5 Å². The number of rotatable bonds is 3. The van der Waals surface area contributed by atoms with Crippen molar-refractivity contribution in [3.05, 3.63) is 36.1 Å². The van der Waals surface area contributed by atoms with Crippen LogP contribution >= 0.6 is 0 Å². The van der Waals surface area contributed by atoms with Crippen molar-refractivity contribution in [2.24, 2.45) is 0 Å². The lowest BCUT2D eigenvalue weighted by atomic mass is 10.1. The van der Waals surface area contributed by atoms with Gasteiger partial charge in [0.15, 0.2) is 0 Å². The van der Waals surface area contributed by atoms with Crippen molar-refractivity contribution >= 4 is 11.0 Å². The summed E-state index contributed by atoms with van der Waals surface area (Å²) in [6, 6.07) is 7.62. The molecule has 3 nitrogen and oxygen atoms in total. The fraction of sp³-hybridized carbons (Fsp3) is 0.273. The summed E-state index contributed by atoms with van der Waals surface area (Å²) in [6.07, 6.45) is 0.956. The van der Waals surface area contributed by atoms with Gasteiger partial charge in [-0.15, -0.1) is 0 Å². The van der Waals surface area contributed by atoms with E-state index in [1.807, 2.05) is 24.3 Å². The minimum absolute atomic E-state index is 0.281. The fourth-order valence-corrected chi connectivity index (χ4v) is 1.50. The quantitative estimate of drug-likeness (QED) is 0.809. The maximum absolute atomic E-state index is 9.72. The summed E-state index contributed by atoms with van der Waals surface area (Å²) in [5, 5.41) is 10.7. The molecule has 1 atom stereocenters. The molecule has 0 spiro atoms. The number of hydrogen-bond donors (Lipinski definition) is 1. The van der Waals surface area contributed by atoms with E-state index in [2.05, 4.69) is 0 Å². The van der Waals surface area contributed by atoms with E-state index in [-0.39, 0.29) is 6.61 Å². The van der Waals surface area contributed by atoms with E-state index in [4.69, 9.17) is 9.15 Å². The van der Waals surface area contributed by atoms with Crippen LogP contribution in [0.25, 0.3) is 11.0 Å². The third-order valence-corrected chi connectivity index (χ3v) is 2.19. The monoisotopic (exact) mass is 192 g/mol. The van der Waals surface area contributed by atoms with Crippen LogP contribution in [0, 0.1) is 0 Å². The molecule has 0 amide bonds. The number of ether oxygens (including phenoxy) is 1. The summed E-state index contributed by atoms with van der Waals surface area (Å²) in [4.78, 5) is 0. The number of aliphatic hydroxyl groups excluding tert-OH is 1. The first-order valence-corrected chi connectivity index (χ1v) is 4.46. The predicted octanol–water partition coefficient (Wildman–Crippen LogP) is 2.11. The fourth-order valence-electron chi connectivity index (χ4n) is 1.50. The van der Waals surface area contributed by atoms with Crippen molar-refractivity contribution in [1.82, 2.24) is 0 Å². The molecule has 2 rings (SSSR count). The molecule has 0 saturated heterocycles. The molecule has 0 radical (unpaired) electrons. The summed E-state index contributed by atoms with van der Waals surface area (Å²) in [5.41, 5.74) is 1.57. The molecule has 0 saturated carbocycles. The first-order valence-electron chi connectivity index (χ1n) is 4.46. The lowest BCUT2D eigenvalue weighted by Crippen LogP contribution is -2.03. The largest absolute Gasteiger partial charge is 0.464 e. The highest BCUT2D eigenvalue weighted by atomic mass is 16.5. The molecule has 0 bridgehead atoms. The Hall–Kier alpha value is -1.32. The summed E-state index contributed by atoms with van der Waals surface area (Å²) >= 11 is 0. The highest BCUT2D eigenvalue weighted by Crippen LogP contribution is 2.26. The summed E-state index contributed by atoms with van der Waals surface area (Å²) in [5.74, 6) is 0. The first kappa shape index (κ1) is 9.24. The van der Waals surface area contributed by atoms with Crippen LogP contribution in [-0.4, -0.2) is 18.8 Å². The maximum atomic E-state index is 9.72. The number of benzene rings is 1. The SMILES string of the molecule is COCC(O)c1coc2ccccc12. The third-order valence-electron chi connectivity index (χ3n) is 2.19. The average Bonchev–Trinajstić information content (AvgIpc) is 2.61. The number of hydrogen-bond acceptors (Lipinski definition) is 3. The van der Waals surface area contributed by atoms with Crippen LogP contribution in [-0.2, 0) is 4.74 Å². The van der Waals surface area contributed by atoms with Crippen molar-refractivity contribution in [3.63, 3.8) is 0 Å². The Labute approximate surface area is 81.9 Å². The molecule has 1 heterocycles. The molecule has 1 unspecified atom stereocenters. The molecule has 1 N–H and O–H groups in total. The van der Waals surface area contributed by atoms with Gasteiger partial charge in [-0.25, -0.2) is 0 Å². The van der Waals surface area contributed by atoms with Crippen molar-refractivity contribution in [3.8, 4) is 0 Å². The Morgan fingerprint density at radius 1 is 1.43 bits per heavy atom. The van der Waals surface area contributed by atoms with Crippen LogP contribution in [0.5, 0.6) is 0 Å². The number of furan rings is 1. The van der Waals surface area contributed by atoms with Gasteiger partial charge in [0, 0.05) is 18.1 Å². The number of aliphatic hydroxyl groups is 1. The zero-order valence-corrected chi connectivity index (χ0v) is 7.93. The van der Waals surface area contributed by atoms with Crippen molar-refractivity contribution in [1.29, 1.82) is 0 Å². The second-order valence-corrected chi connectivity index (χ2v) is 3.16. The minimum atomic E-state index is -0.622. The second-order valence-electron chi connectivity index (χ2n) is 3.16. The Bertz CT molecular complexity index is 419. The van der Waals surface area contributed by atoms with Gasteiger partial charge < -0.3 is 14.3 Å². The lowest BCUT2D eigenvalue weighted by Gasteiger charge is -2.06. The van der Waals surface area contributed by atoms with E-state index in [9.17, 15) is 5.11 Å². The van der Waals surface area contributed by atoms with Gasteiger partial charge in [-0.2, -0.15) is 0 Å². The summed E-state index contributed by atoms with van der Waals surface area (Å²) < 4.78 is 10.2. The van der Waals surface area contributed by atoms with Crippen LogP contribution in [0.1, 0.15) is 11.7 Å². The average molecular weight is 192 g/mol. The first-order chi connectivity index (χ1) is 6.83. The van der Waals surface area contributed by atoms with Gasteiger partial charge in [0.05, 0.1) is 12.9 Å². The Balaban J connectivity index is 2.42. The molecule has 14 heavy (non-hydrogen) atoms. The highest BCUT2D eigenvalue weighted by Gasteiger charge is 2.13. The number of methoxy groups -OCH3 is 1. The van der Waals surface area contributed by atoms with Crippen LogP contribution in [0.3, 0.4) is 0 Å². The van der Waals surface area contributed by atoms with E-state index in [1.54, 1.807) is 13.4 Å². The molecular formula is C11H12O3. The normalized spacial score (nSPS) is 13.3. The molecule has 3 heteroatoms. The predicted molar refractivity (Wildman–Crippen MR) is 53.0 cm³/mol. The van der Waals surface area contributed by atoms with Crippen LogP contribution in [0.2, 0.25) is 0 Å². The van der Waals surface area contributed by atoms with Crippen LogP contribution < -0.4 is 0 Å². The Morgan fingerprint density at radius 2 is 2.21 bits per heavy atom. The molecule has 2 aromatic rings. The van der Waals surface area contributed by atoms with E-state index < -0.39 is 6.10 Å². The standard InChI is InChI=1S/C11H12O3/c1-13-7-10(12)9-6-14-11-5-3-2-4-8(9)11/h2-6,10,12H,7H2,1H3. The maximum Gasteiger partial charge on any atom is 0.134 e. The number of para-hydroxylation sites is 1. The summed E-state index contributed by atoms with van der Waals surface area (Å²) in [7, 11) is 1.56. The molecule has 0 aliphatic carbocycles. The Morgan fingerprint density at radius 3 is 3.00 bits per heavy atom. The lowest BCUT2D eigenvalue weighted by molar-refractivity contribution is 0.0648. The third kappa shape index (κ3) is 1.52. The van der Waals surface area contributed by atoms with Crippen LogP contribution in [0.15, 0.2) is 34.9 Å². The zero-order valence-electron chi connectivity index (χ0n) is 7.93. The molecule has 0 fully saturated rings. The summed E-state index contributed by atoms with van der Waals surface area (Å²) in [6.45, 7) is 0.281. The number of fused-ring (bicyclic) bond motifs is 1. The minimum Gasteiger partial charge on any atom is -0.464 e. The Kier molecular flexibility index (Phi) is 2.52. The van der Waals surface area contributed by atoms with Gasteiger partial charge in [-0.3, -0.25) is 0 Å². The molecule has 1 aromatic carbocycles. The smallest absolute Gasteiger partial charge is 0.134 e. The highest BCUT2D eigenvalue weighted by molar-refractivity contribution is 5.81. The van der Waals surface area contributed by atoms with Gasteiger partial charge in [-0.1, -0.05) is 18.2 Å². The van der Waals surface area contributed by atoms with Crippen molar-refractivity contribution in [2.45, 2.75) is 6.10 Å². The van der Waals surface area contributed by atoms with Gasteiger partial charge in [-0.05, 0) is 6.07 Å². The van der Waals surface area contributed by atoms with Crippen molar-refractivity contribution < 1.29 is 14.3 Å². The second kappa shape index (κ2) is 3.82. The molecule has 74 valence electrons. The van der Waals surface area contributed by atoms with Crippen LogP contribution in [0.4, 0.5) is 0 Å². The van der Waals surface area contributed by atoms with Crippen molar-refractivity contribution in [2.75, 3.05) is 13.7 Å². The molecular weight excluding hydrogens is 180 g/mol.